The number of aryl methyl sites for hydroxylation is 2. The van der Waals surface area contributed by atoms with Gasteiger partial charge in [0.15, 0.2) is 0 Å². The van der Waals surface area contributed by atoms with Gasteiger partial charge in [-0.05, 0) is 50.6 Å². The minimum Gasteiger partial charge on any atom is -0.326 e. The van der Waals surface area contributed by atoms with E-state index in [1.54, 1.807) is 6.07 Å². The van der Waals surface area contributed by atoms with Gasteiger partial charge in [-0.15, -0.1) is 11.3 Å². The fourth-order valence-electron chi connectivity index (χ4n) is 3.04. The molecule has 2 aromatic heterocycles. The molecule has 1 amide bonds. The van der Waals surface area contributed by atoms with Crippen LogP contribution in [-0.4, -0.2) is 35.6 Å². The number of carbonyl (C=O) groups is 1. The standard InChI is InChI=1S/C21H25N5O4S2/c1-4-5-19(27)24-16-6-8-17(9-7-16)32(29,30)22-12-13-26-20(28)11-10-18(25-26)21-14(2)23-15(3)31-21/h6-11,22H,4-5,12-13H2,1-3H3,(H,24,27). The zero-order valence-corrected chi connectivity index (χ0v) is 19.7. The predicted molar refractivity (Wildman–Crippen MR) is 124 cm³/mol. The third kappa shape index (κ3) is 5.87. The summed E-state index contributed by atoms with van der Waals surface area (Å²) in [5, 5.41) is 7.98. The monoisotopic (exact) mass is 475 g/mol. The molecule has 11 heteroatoms. The van der Waals surface area contributed by atoms with Crippen LogP contribution in [-0.2, 0) is 21.4 Å². The maximum Gasteiger partial charge on any atom is 0.266 e. The summed E-state index contributed by atoms with van der Waals surface area (Å²) in [6.07, 6.45) is 1.13. The first-order valence-electron chi connectivity index (χ1n) is 10.1. The number of carbonyl (C=O) groups excluding carboxylic acids is 1. The highest BCUT2D eigenvalue weighted by Gasteiger charge is 2.15. The molecule has 2 heterocycles. The molecule has 0 fully saturated rings. The van der Waals surface area contributed by atoms with E-state index in [9.17, 15) is 18.0 Å². The summed E-state index contributed by atoms with van der Waals surface area (Å²) >= 11 is 1.49. The van der Waals surface area contributed by atoms with Gasteiger partial charge in [0, 0.05) is 24.7 Å². The number of nitrogens with zero attached hydrogens (tertiary/aromatic N) is 3. The van der Waals surface area contributed by atoms with E-state index in [1.165, 1.54) is 46.4 Å². The lowest BCUT2D eigenvalue weighted by molar-refractivity contribution is -0.116. The van der Waals surface area contributed by atoms with Crippen molar-refractivity contribution < 1.29 is 13.2 Å². The zero-order valence-electron chi connectivity index (χ0n) is 18.1. The second-order valence-electron chi connectivity index (χ2n) is 7.15. The maximum absolute atomic E-state index is 12.6. The second-order valence-corrected chi connectivity index (χ2v) is 10.1. The van der Waals surface area contributed by atoms with E-state index in [0.29, 0.717) is 17.8 Å². The molecule has 32 heavy (non-hydrogen) atoms. The number of aromatic nitrogens is 3. The zero-order chi connectivity index (χ0) is 23.3. The van der Waals surface area contributed by atoms with Crippen LogP contribution >= 0.6 is 11.3 Å². The van der Waals surface area contributed by atoms with Crippen molar-refractivity contribution in [3.8, 4) is 10.6 Å². The van der Waals surface area contributed by atoms with Crippen LogP contribution in [0.4, 0.5) is 5.69 Å². The molecule has 0 aliphatic heterocycles. The molecule has 0 atom stereocenters. The molecule has 3 aromatic rings. The average molecular weight is 476 g/mol. The van der Waals surface area contributed by atoms with Crippen LogP contribution < -0.4 is 15.6 Å². The van der Waals surface area contributed by atoms with Crippen molar-refractivity contribution in [2.45, 2.75) is 45.1 Å². The predicted octanol–water partition coefficient (Wildman–Crippen LogP) is 2.70. The average Bonchev–Trinajstić information content (AvgIpc) is 3.08. The molecule has 0 unspecified atom stereocenters. The van der Waals surface area contributed by atoms with Crippen LogP contribution in [0.3, 0.4) is 0 Å². The number of benzene rings is 1. The van der Waals surface area contributed by atoms with Crippen LogP contribution in [0.1, 0.15) is 30.5 Å². The summed E-state index contributed by atoms with van der Waals surface area (Å²) in [6, 6.07) is 8.97. The van der Waals surface area contributed by atoms with Crippen molar-refractivity contribution in [3.63, 3.8) is 0 Å². The van der Waals surface area contributed by atoms with Gasteiger partial charge in [0.05, 0.1) is 27.0 Å². The molecule has 0 bridgehead atoms. The minimum absolute atomic E-state index is 0.00557. The Morgan fingerprint density at radius 2 is 1.84 bits per heavy atom. The van der Waals surface area contributed by atoms with Crippen molar-refractivity contribution in [2.75, 3.05) is 11.9 Å². The van der Waals surface area contributed by atoms with Crippen LogP contribution in [0.25, 0.3) is 10.6 Å². The number of nitrogens with one attached hydrogen (secondary N) is 2. The van der Waals surface area contributed by atoms with Gasteiger partial charge in [0.1, 0.15) is 5.69 Å². The van der Waals surface area contributed by atoms with Crippen LogP contribution in [0.5, 0.6) is 0 Å². The highest BCUT2D eigenvalue weighted by molar-refractivity contribution is 7.89. The smallest absolute Gasteiger partial charge is 0.266 e. The third-order valence-electron chi connectivity index (χ3n) is 4.54. The van der Waals surface area contributed by atoms with E-state index in [0.717, 1.165) is 22.0 Å². The maximum atomic E-state index is 12.6. The summed E-state index contributed by atoms with van der Waals surface area (Å²) in [5.41, 5.74) is 1.67. The number of amides is 1. The van der Waals surface area contributed by atoms with E-state index >= 15 is 0 Å². The molecule has 170 valence electrons. The van der Waals surface area contributed by atoms with Gasteiger partial charge in [-0.3, -0.25) is 9.59 Å². The Hall–Kier alpha value is -2.89. The Morgan fingerprint density at radius 1 is 1.12 bits per heavy atom. The molecular weight excluding hydrogens is 450 g/mol. The largest absolute Gasteiger partial charge is 0.326 e. The van der Waals surface area contributed by atoms with Crippen molar-refractivity contribution in [2.24, 2.45) is 0 Å². The summed E-state index contributed by atoms with van der Waals surface area (Å²) in [5.74, 6) is -0.120. The lowest BCUT2D eigenvalue weighted by Gasteiger charge is -2.10. The summed E-state index contributed by atoms with van der Waals surface area (Å²) in [7, 11) is -3.78. The molecule has 0 saturated heterocycles. The summed E-state index contributed by atoms with van der Waals surface area (Å²) < 4.78 is 28.8. The molecule has 0 radical (unpaired) electrons. The number of hydrogen-bond donors (Lipinski definition) is 2. The molecule has 0 aliphatic rings. The molecule has 0 spiro atoms. The number of sulfonamides is 1. The van der Waals surface area contributed by atoms with Crippen molar-refractivity contribution >= 4 is 33.0 Å². The topological polar surface area (TPSA) is 123 Å². The SMILES string of the molecule is CCCC(=O)Nc1ccc(S(=O)(=O)NCCn2nc(-c3sc(C)nc3C)ccc2=O)cc1. The molecule has 0 aliphatic carbocycles. The molecule has 9 nitrogen and oxygen atoms in total. The first-order valence-corrected chi connectivity index (χ1v) is 12.4. The van der Waals surface area contributed by atoms with Gasteiger partial charge in [-0.1, -0.05) is 6.92 Å². The van der Waals surface area contributed by atoms with E-state index in [2.05, 4.69) is 20.1 Å². The Balaban J connectivity index is 1.65. The minimum atomic E-state index is -3.78. The van der Waals surface area contributed by atoms with Crippen LogP contribution in [0, 0.1) is 13.8 Å². The Morgan fingerprint density at radius 3 is 2.47 bits per heavy atom. The second kappa shape index (κ2) is 10.2. The highest BCUT2D eigenvalue weighted by atomic mass is 32.2. The third-order valence-corrected chi connectivity index (χ3v) is 7.12. The van der Waals surface area contributed by atoms with Crippen molar-refractivity contribution in [1.82, 2.24) is 19.5 Å². The van der Waals surface area contributed by atoms with Crippen molar-refractivity contribution in [3.05, 3.63) is 57.5 Å². The molecule has 3 rings (SSSR count). The van der Waals surface area contributed by atoms with Crippen LogP contribution in [0.2, 0.25) is 0 Å². The molecule has 1 aromatic carbocycles. The van der Waals surface area contributed by atoms with E-state index in [1.807, 2.05) is 20.8 Å². The lowest BCUT2D eigenvalue weighted by Crippen LogP contribution is -2.32. The highest BCUT2D eigenvalue weighted by Crippen LogP contribution is 2.27. The lowest BCUT2D eigenvalue weighted by atomic mass is 10.3. The first-order chi connectivity index (χ1) is 15.2. The number of anilines is 1. The Kier molecular flexibility index (Phi) is 7.54. The normalized spacial score (nSPS) is 11.5. The Labute approximate surface area is 190 Å². The fourth-order valence-corrected chi connectivity index (χ4v) is 4.94. The molecule has 0 saturated carbocycles. The first kappa shape index (κ1) is 23.8. The molecular formula is C21H25N5O4S2. The Bertz CT molecular complexity index is 1260. The van der Waals surface area contributed by atoms with E-state index < -0.39 is 10.0 Å². The number of hydrogen-bond acceptors (Lipinski definition) is 7. The van der Waals surface area contributed by atoms with Gasteiger partial charge < -0.3 is 5.32 Å². The summed E-state index contributed by atoms with van der Waals surface area (Å²) in [4.78, 5) is 29.1. The van der Waals surface area contributed by atoms with Gasteiger partial charge in [-0.2, -0.15) is 5.10 Å². The number of thiazole rings is 1. The molecule has 2 N–H and O–H groups in total. The van der Waals surface area contributed by atoms with Crippen LogP contribution in [0.15, 0.2) is 46.1 Å². The van der Waals surface area contributed by atoms with Gasteiger partial charge in [0.2, 0.25) is 15.9 Å². The van der Waals surface area contributed by atoms with E-state index in [-0.39, 0.29) is 29.5 Å². The van der Waals surface area contributed by atoms with Gasteiger partial charge in [-0.25, -0.2) is 22.8 Å². The van der Waals surface area contributed by atoms with Crippen molar-refractivity contribution in [1.29, 1.82) is 0 Å². The fraction of sp³-hybridized carbons (Fsp3) is 0.333. The number of rotatable bonds is 9. The van der Waals surface area contributed by atoms with E-state index in [4.69, 9.17) is 0 Å². The van der Waals surface area contributed by atoms with Gasteiger partial charge >= 0.3 is 0 Å². The quantitative estimate of drug-likeness (QED) is 0.491. The van der Waals surface area contributed by atoms with Gasteiger partial charge in [0.25, 0.3) is 5.56 Å². The summed E-state index contributed by atoms with van der Waals surface area (Å²) in [6.45, 7) is 5.76.